The molecule has 1 aromatic heterocycles. The number of aromatic nitrogens is 1. The quantitative estimate of drug-likeness (QED) is 0.804. The van der Waals surface area contributed by atoms with Gasteiger partial charge in [-0.3, -0.25) is 4.98 Å². The molecule has 114 valence electrons. The summed E-state index contributed by atoms with van der Waals surface area (Å²) in [6.07, 6.45) is 1.59. The summed E-state index contributed by atoms with van der Waals surface area (Å²) in [4.78, 5) is 6.41. The topological polar surface area (TPSA) is 74.1 Å². The van der Waals surface area contributed by atoms with Crippen molar-refractivity contribution >= 4 is 26.4 Å². The van der Waals surface area contributed by atoms with Gasteiger partial charge in [0.15, 0.2) is 9.84 Å². The first-order valence-electron chi connectivity index (χ1n) is 7.17. The molecule has 1 fully saturated rings. The molecule has 0 radical (unpaired) electrons. The van der Waals surface area contributed by atoms with Crippen molar-refractivity contribution in [2.24, 2.45) is 0 Å². The molecule has 1 saturated heterocycles. The number of aryl methyl sites for hydroxylation is 2. The molecule has 1 aromatic carbocycles. The van der Waals surface area contributed by atoms with Gasteiger partial charge in [-0.25, -0.2) is 8.42 Å². The highest BCUT2D eigenvalue weighted by Crippen LogP contribution is 2.32. The van der Waals surface area contributed by atoms with Gasteiger partial charge in [-0.15, -0.1) is 0 Å². The lowest BCUT2D eigenvalue weighted by Crippen LogP contribution is -2.40. The average molecular weight is 315 g/mol. The van der Waals surface area contributed by atoms with E-state index in [-0.39, 0.29) is 11.5 Å². The lowest BCUT2D eigenvalue weighted by molar-refractivity contribution is 0.587. The van der Waals surface area contributed by atoms with Gasteiger partial charge < -0.3 is 4.90 Å². The molecule has 6 heteroatoms. The Morgan fingerprint density at radius 1 is 1.23 bits per heavy atom. The van der Waals surface area contributed by atoms with E-state index < -0.39 is 9.84 Å². The molecule has 0 amide bonds. The Labute approximate surface area is 130 Å². The van der Waals surface area contributed by atoms with Gasteiger partial charge in [0.1, 0.15) is 6.07 Å². The molecule has 1 aliphatic rings. The molecule has 0 bridgehead atoms. The molecule has 1 aliphatic heterocycles. The smallest absolute Gasteiger partial charge is 0.153 e. The summed E-state index contributed by atoms with van der Waals surface area (Å²) >= 11 is 0. The van der Waals surface area contributed by atoms with Crippen LogP contribution in [0.1, 0.15) is 16.7 Å². The fraction of sp³-hybridized carbons (Fsp3) is 0.375. The predicted octanol–water partition coefficient (Wildman–Crippen LogP) is 1.96. The second kappa shape index (κ2) is 5.25. The summed E-state index contributed by atoms with van der Waals surface area (Å²) < 4.78 is 23.3. The first-order chi connectivity index (χ1) is 10.4. The Morgan fingerprint density at radius 3 is 2.55 bits per heavy atom. The molecule has 0 spiro atoms. The minimum Gasteiger partial charge on any atom is -0.368 e. The molecule has 0 N–H and O–H groups in total. The molecule has 3 rings (SSSR count). The fourth-order valence-corrected chi connectivity index (χ4v) is 4.21. The van der Waals surface area contributed by atoms with Crippen molar-refractivity contribution in [2.75, 3.05) is 29.5 Å². The van der Waals surface area contributed by atoms with Crippen molar-refractivity contribution in [3.05, 3.63) is 35.0 Å². The van der Waals surface area contributed by atoms with Gasteiger partial charge in [-0.05, 0) is 25.5 Å². The maximum atomic E-state index is 11.6. The van der Waals surface area contributed by atoms with Crippen molar-refractivity contribution < 1.29 is 8.42 Å². The molecule has 5 nitrogen and oxygen atoms in total. The molecule has 22 heavy (non-hydrogen) atoms. The number of fused-ring (bicyclic) bond motifs is 1. The molecule has 0 aliphatic carbocycles. The summed E-state index contributed by atoms with van der Waals surface area (Å²) in [5.74, 6) is 0.263. The van der Waals surface area contributed by atoms with Crippen molar-refractivity contribution in [2.45, 2.75) is 13.8 Å². The third kappa shape index (κ3) is 2.53. The largest absolute Gasteiger partial charge is 0.368 e. The number of nitrogens with zero attached hydrogens (tertiary/aromatic N) is 3. The summed E-state index contributed by atoms with van der Waals surface area (Å²) in [6, 6.07) is 6.27. The van der Waals surface area contributed by atoms with Crippen LogP contribution < -0.4 is 4.90 Å². The Balaban J connectivity index is 2.21. The zero-order chi connectivity index (χ0) is 15.9. The Morgan fingerprint density at radius 2 is 1.91 bits per heavy atom. The molecule has 2 heterocycles. The number of nitriles is 1. The van der Waals surface area contributed by atoms with Crippen molar-refractivity contribution in [3.63, 3.8) is 0 Å². The summed E-state index contributed by atoms with van der Waals surface area (Å²) in [7, 11) is -2.95. The maximum Gasteiger partial charge on any atom is 0.153 e. The van der Waals surface area contributed by atoms with Gasteiger partial charge in [0, 0.05) is 24.7 Å². The van der Waals surface area contributed by atoms with Gasteiger partial charge in [0.05, 0.1) is 28.3 Å². The monoisotopic (exact) mass is 315 g/mol. The van der Waals surface area contributed by atoms with Crippen LogP contribution >= 0.6 is 0 Å². The maximum absolute atomic E-state index is 11.6. The lowest BCUT2D eigenvalue weighted by atomic mass is 10.0. The zero-order valence-electron chi connectivity index (χ0n) is 12.6. The molecular formula is C16H17N3O2S. The summed E-state index contributed by atoms with van der Waals surface area (Å²) in [6.45, 7) is 4.85. The van der Waals surface area contributed by atoms with E-state index in [9.17, 15) is 13.7 Å². The highest BCUT2D eigenvalue weighted by molar-refractivity contribution is 7.91. The summed E-state index contributed by atoms with van der Waals surface area (Å²) in [5, 5.41) is 10.3. The highest BCUT2D eigenvalue weighted by Gasteiger charge is 2.25. The van der Waals surface area contributed by atoms with Gasteiger partial charge in [0.25, 0.3) is 0 Å². The average Bonchev–Trinajstić information content (AvgIpc) is 2.46. The van der Waals surface area contributed by atoms with Crippen molar-refractivity contribution in [1.29, 1.82) is 5.26 Å². The standard InChI is InChI=1S/C16H17N3O2S/c1-11-7-12(2)15-14(8-11)16(13(9-17)10-18-15)19-3-5-22(20,21)6-4-19/h7-8,10H,3-6H2,1-2H3. The number of anilines is 1. The number of hydrogen-bond acceptors (Lipinski definition) is 5. The number of hydrogen-bond donors (Lipinski definition) is 0. The molecule has 0 saturated carbocycles. The number of sulfone groups is 1. The van der Waals surface area contributed by atoms with Crippen LogP contribution in [-0.2, 0) is 9.84 Å². The third-order valence-electron chi connectivity index (χ3n) is 4.06. The van der Waals surface area contributed by atoms with Gasteiger partial charge in [-0.2, -0.15) is 5.26 Å². The first kappa shape index (κ1) is 14.8. The molecule has 2 aromatic rings. The van der Waals surface area contributed by atoms with Crippen LogP contribution in [0.4, 0.5) is 5.69 Å². The number of pyridine rings is 1. The first-order valence-corrected chi connectivity index (χ1v) is 8.99. The van der Waals surface area contributed by atoms with Crippen LogP contribution in [0, 0.1) is 25.2 Å². The predicted molar refractivity (Wildman–Crippen MR) is 86.8 cm³/mol. The normalized spacial score (nSPS) is 17.4. The van der Waals surface area contributed by atoms with E-state index in [4.69, 9.17) is 0 Å². The van der Waals surface area contributed by atoms with Crippen LogP contribution in [-0.4, -0.2) is 38.0 Å². The van der Waals surface area contributed by atoms with E-state index in [1.54, 1.807) is 6.20 Å². The van der Waals surface area contributed by atoms with E-state index in [0.717, 1.165) is 27.7 Å². The Kier molecular flexibility index (Phi) is 3.53. The van der Waals surface area contributed by atoms with E-state index in [1.807, 2.05) is 24.8 Å². The molecular weight excluding hydrogens is 298 g/mol. The van der Waals surface area contributed by atoms with Gasteiger partial charge in [0.2, 0.25) is 0 Å². The van der Waals surface area contributed by atoms with Gasteiger partial charge in [-0.1, -0.05) is 11.6 Å². The second-order valence-corrected chi connectivity index (χ2v) is 8.05. The second-order valence-electron chi connectivity index (χ2n) is 5.75. The lowest BCUT2D eigenvalue weighted by Gasteiger charge is -2.30. The van der Waals surface area contributed by atoms with Crippen LogP contribution in [0.3, 0.4) is 0 Å². The molecule has 0 unspecified atom stereocenters. The van der Waals surface area contributed by atoms with Crippen LogP contribution in [0.2, 0.25) is 0 Å². The Bertz CT molecular complexity index is 884. The number of benzene rings is 1. The van der Waals surface area contributed by atoms with Crippen LogP contribution in [0.5, 0.6) is 0 Å². The molecule has 0 atom stereocenters. The summed E-state index contributed by atoms with van der Waals surface area (Å²) in [5.41, 5.74) is 4.34. The van der Waals surface area contributed by atoms with Gasteiger partial charge >= 0.3 is 0 Å². The van der Waals surface area contributed by atoms with E-state index in [0.29, 0.717) is 18.7 Å². The Hall–Kier alpha value is -2.13. The van der Waals surface area contributed by atoms with E-state index in [2.05, 4.69) is 17.1 Å². The minimum absolute atomic E-state index is 0.131. The third-order valence-corrected chi connectivity index (χ3v) is 5.67. The highest BCUT2D eigenvalue weighted by atomic mass is 32.2. The SMILES string of the molecule is Cc1cc(C)c2ncc(C#N)c(N3CCS(=O)(=O)CC3)c2c1. The number of rotatable bonds is 1. The van der Waals surface area contributed by atoms with Crippen LogP contribution in [0.15, 0.2) is 18.3 Å². The van der Waals surface area contributed by atoms with Crippen molar-refractivity contribution in [1.82, 2.24) is 4.98 Å². The van der Waals surface area contributed by atoms with Crippen molar-refractivity contribution in [3.8, 4) is 6.07 Å². The zero-order valence-corrected chi connectivity index (χ0v) is 13.4. The minimum atomic E-state index is -2.95. The van der Waals surface area contributed by atoms with E-state index >= 15 is 0 Å². The van der Waals surface area contributed by atoms with Crippen LogP contribution in [0.25, 0.3) is 10.9 Å². The van der Waals surface area contributed by atoms with E-state index in [1.165, 1.54) is 0 Å². The fourth-order valence-electron chi connectivity index (χ4n) is 3.01.